The Bertz CT molecular complexity index is 218. The Morgan fingerprint density at radius 1 is 1.71 bits per heavy atom. The lowest BCUT2D eigenvalue weighted by Crippen LogP contribution is -2.46. The molecule has 0 aromatic rings. The van der Waals surface area contributed by atoms with Crippen molar-refractivity contribution in [1.29, 1.82) is 0 Å². The van der Waals surface area contributed by atoms with Crippen LogP contribution in [0.1, 0.15) is 13.3 Å². The van der Waals surface area contributed by atoms with Crippen molar-refractivity contribution in [3.63, 3.8) is 0 Å². The van der Waals surface area contributed by atoms with Crippen molar-refractivity contribution in [3.05, 3.63) is 0 Å². The lowest BCUT2D eigenvalue weighted by Gasteiger charge is -2.27. The van der Waals surface area contributed by atoms with Crippen LogP contribution in [0, 0.1) is 0 Å². The molecule has 1 aliphatic rings. The average Bonchev–Trinajstić information content (AvgIpc) is 2.47. The van der Waals surface area contributed by atoms with E-state index in [2.05, 4.69) is 5.32 Å². The number of amides is 1. The highest BCUT2D eigenvalue weighted by molar-refractivity contribution is 5.84. The molecular weight excluding hydrogens is 184 g/mol. The Morgan fingerprint density at radius 3 is 2.79 bits per heavy atom. The molecule has 0 spiro atoms. The van der Waals surface area contributed by atoms with Gasteiger partial charge in [-0.25, -0.2) is 0 Å². The third-order valence-corrected chi connectivity index (χ3v) is 2.52. The number of carbonyl (C=O) groups is 1. The molecule has 0 saturated carbocycles. The number of β-amino-alcohol motifs (C(OH)–C–C–N with tert-alkyl or cyclic N) is 1. The molecule has 0 aliphatic carbocycles. The Morgan fingerprint density at radius 2 is 2.36 bits per heavy atom. The summed E-state index contributed by atoms with van der Waals surface area (Å²) in [5, 5.41) is 21.4. The molecule has 1 amide bonds. The van der Waals surface area contributed by atoms with Gasteiger partial charge in [-0.3, -0.25) is 4.79 Å². The maximum atomic E-state index is 11.6. The number of hydrogen-bond acceptors (Lipinski definition) is 4. The molecule has 1 heterocycles. The Kier molecular flexibility index (Phi) is 3.47. The lowest BCUT2D eigenvalue weighted by molar-refractivity contribution is -0.133. The van der Waals surface area contributed by atoms with Gasteiger partial charge in [0.15, 0.2) is 0 Å². The van der Waals surface area contributed by atoms with E-state index in [0.717, 1.165) is 6.42 Å². The standard InChI is InChI=1S/C9H18N2O3/c1-9(14,6-12)5-11-4-3-7(10-2)8(11)13/h7,10,12,14H,3-6H2,1-2H3. The van der Waals surface area contributed by atoms with Gasteiger partial charge in [0.1, 0.15) is 5.60 Å². The first kappa shape index (κ1) is 11.4. The van der Waals surface area contributed by atoms with Crippen molar-refractivity contribution in [1.82, 2.24) is 10.2 Å². The Hall–Kier alpha value is -0.650. The third-order valence-electron chi connectivity index (χ3n) is 2.52. The van der Waals surface area contributed by atoms with Crippen molar-refractivity contribution in [2.75, 3.05) is 26.7 Å². The molecule has 5 heteroatoms. The Balaban J connectivity index is 2.52. The van der Waals surface area contributed by atoms with E-state index in [9.17, 15) is 9.90 Å². The maximum Gasteiger partial charge on any atom is 0.239 e. The largest absolute Gasteiger partial charge is 0.393 e. The number of likely N-dealkylation sites (tertiary alicyclic amines) is 1. The van der Waals surface area contributed by atoms with Crippen LogP contribution in [-0.2, 0) is 4.79 Å². The van der Waals surface area contributed by atoms with Gasteiger partial charge >= 0.3 is 0 Å². The summed E-state index contributed by atoms with van der Waals surface area (Å²) in [7, 11) is 1.75. The SMILES string of the molecule is CNC1CCN(CC(C)(O)CO)C1=O. The average molecular weight is 202 g/mol. The normalized spacial score (nSPS) is 26.7. The smallest absolute Gasteiger partial charge is 0.239 e. The van der Waals surface area contributed by atoms with Crippen LogP contribution in [0.4, 0.5) is 0 Å². The molecule has 1 aliphatic heterocycles. The van der Waals surface area contributed by atoms with Crippen molar-refractivity contribution < 1.29 is 15.0 Å². The molecule has 0 aromatic heterocycles. The van der Waals surface area contributed by atoms with Gasteiger partial charge in [0, 0.05) is 6.54 Å². The molecule has 1 saturated heterocycles. The van der Waals surface area contributed by atoms with Gasteiger partial charge in [0.2, 0.25) is 5.91 Å². The van der Waals surface area contributed by atoms with E-state index in [-0.39, 0.29) is 25.1 Å². The molecule has 0 aromatic carbocycles. The van der Waals surface area contributed by atoms with Crippen LogP contribution in [0.3, 0.4) is 0 Å². The van der Waals surface area contributed by atoms with Crippen molar-refractivity contribution in [3.8, 4) is 0 Å². The maximum absolute atomic E-state index is 11.6. The zero-order valence-electron chi connectivity index (χ0n) is 8.66. The minimum absolute atomic E-state index is 0.00113. The lowest BCUT2D eigenvalue weighted by atomic mass is 10.1. The number of rotatable bonds is 4. The van der Waals surface area contributed by atoms with E-state index in [1.54, 1.807) is 11.9 Å². The fraction of sp³-hybridized carbons (Fsp3) is 0.889. The molecule has 82 valence electrons. The summed E-state index contributed by atoms with van der Waals surface area (Å²) < 4.78 is 0. The molecule has 0 radical (unpaired) electrons. The van der Waals surface area contributed by atoms with Crippen LogP contribution >= 0.6 is 0 Å². The van der Waals surface area contributed by atoms with Crippen LogP contribution in [0.25, 0.3) is 0 Å². The minimum Gasteiger partial charge on any atom is -0.393 e. The first-order chi connectivity index (χ1) is 6.50. The van der Waals surface area contributed by atoms with Gasteiger partial charge in [0.25, 0.3) is 0 Å². The van der Waals surface area contributed by atoms with E-state index in [4.69, 9.17) is 5.11 Å². The highest BCUT2D eigenvalue weighted by atomic mass is 16.3. The number of likely N-dealkylation sites (N-methyl/N-ethyl adjacent to an activating group) is 1. The monoisotopic (exact) mass is 202 g/mol. The van der Waals surface area contributed by atoms with Crippen LogP contribution < -0.4 is 5.32 Å². The predicted octanol–water partition coefficient (Wildman–Crippen LogP) is -1.45. The van der Waals surface area contributed by atoms with Crippen molar-refractivity contribution in [2.45, 2.75) is 25.0 Å². The highest BCUT2D eigenvalue weighted by Gasteiger charge is 2.34. The summed E-state index contributed by atoms with van der Waals surface area (Å²) in [6.07, 6.45) is 0.761. The summed E-state index contributed by atoms with van der Waals surface area (Å²) in [5.41, 5.74) is -1.20. The highest BCUT2D eigenvalue weighted by Crippen LogP contribution is 2.14. The number of nitrogens with one attached hydrogen (secondary N) is 1. The van der Waals surface area contributed by atoms with Gasteiger partial charge in [-0.15, -0.1) is 0 Å². The van der Waals surface area contributed by atoms with Crippen LogP contribution in [0.5, 0.6) is 0 Å². The zero-order valence-corrected chi connectivity index (χ0v) is 8.66. The molecule has 3 N–H and O–H groups in total. The molecule has 5 nitrogen and oxygen atoms in total. The van der Waals surface area contributed by atoms with E-state index < -0.39 is 5.60 Å². The van der Waals surface area contributed by atoms with Gasteiger partial charge in [-0.2, -0.15) is 0 Å². The minimum atomic E-state index is -1.20. The second-order valence-electron chi connectivity index (χ2n) is 4.04. The summed E-state index contributed by atoms with van der Waals surface area (Å²) in [5.74, 6) is 0.00113. The number of aliphatic hydroxyl groups excluding tert-OH is 1. The molecule has 0 bridgehead atoms. The number of hydrogen-bond donors (Lipinski definition) is 3. The molecule has 1 rings (SSSR count). The topological polar surface area (TPSA) is 72.8 Å². The number of aliphatic hydroxyl groups is 2. The summed E-state index contributed by atoms with van der Waals surface area (Å²) in [6.45, 7) is 2.02. The Labute approximate surface area is 83.7 Å². The van der Waals surface area contributed by atoms with Crippen LogP contribution in [-0.4, -0.2) is 59.4 Å². The van der Waals surface area contributed by atoms with E-state index in [1.165, 1.54) is 6.92 Å². The van der Waals surface area contributed by atoms with Gasteiger partial charge in [-0.1, -0.05) is 0 Å². The van der Waals surface area contributed by atoms with Crippen molar-refractivity contribution >= 4 is 5.91 Å². The first-order valence-corrected chi connectivity index (χ1v) is 4.79. The number of carbonyl (C=O) groups excluding carboxylic acids is 1. The molecule has 1 fully saturated rings. The van der Waals surface area contributed by atoms with E-state index in [1.807, 2.05) is 0 Å². The second-order valence-corrected chi connectivity index (χ2v) is 4.04. The van der Waals surface area contributed by atoms with E-state index >= 15 is 0 Å². The third kappa shape index (κ3) is 2.43. The predicted molar refractivity (Wildman–Crippen MR) is 51.8 cm³/mol. The fourth-order valence-electron chi connectivity index (χ4n) is 1.62. The molecule has 2 unspecified atom stereocenters. The molecule has 14 heavy (non-hydrogen) atoms. The fourth-order valence-corrected chi connectivity index (χ4v) is 1.62. The zero-order chi connectivity index (χ0) is 10.8. The van der Waals surface area contributed by atoms with Gasteiger partial charge in [-0.05, 0) is 20.4 Å². The van der Waals surface area contributed by atoms with Crippen LogP contribution in [0.15, 0.2) is 0 Å². The van der Waals surface area contributed by atoms with Crippen LogP contribution in [0.2, 0.25) is 0 Å². The number of nitrogens with zero attached hydrogens (tertiary/aromatic N) is 1. The molecular formula is C9H18N2O3. The second kappa shape index (κ2) is 4.25. The summed E-state index contributed by atoms with van der Waals surface area (Å²) in [4.78, 5) is 13.2. The van der Waals surface area contributed by atoms with E-state index in [0.29, 0.717) is 6.54 Å². The van der Waals surface area contributed by atoms with Gasteiger partial charge < -0.3 is 20.4 Å². The van der Waals surface area contributed by atoms with Crippen molar-refractivity contribution in [2.24, 2.45) is 0 Å². The molecule has 2 atom stereocenters. The summed E-state index contributed by atoms with van der Waals surface area (Å²) >= 11 is 0. The summed E-state index contributed by atoms with van der Waals surface area (Å²) in [6, 6.07) is -0.135. The van der Waals surface area contributed by atoms with Gasteiger partial charge in [0.05, 0.1) is 19.2 Å². The first-order valence-electron chi connectivity index (χ1n) is 4.79. The quantitative estimate of drug-likeness (QED) is 0.521.